The Balaban J connectivity index is 1.67. The Morgan fingerprint density at radius 1 is 0.898 bits per heavy atom. The van der Waals surface area contributed by atoms with E-state index in [2.05, 4.69) is 33.1 Å². The lowest BCUT2D eigenvalue weighted by molar-refractivity contribution is 0.0525. The van der Waals surface area contributed by atoms with Crippen LogP contribution in [-0.2, 0) is 29.0 Å². The van der Waals surface area contributed by atoms with Crippen LogP contribution in [0.3, 0.4) is 0 Å². The average Bonchev–Trinajstić information content (AvgIpc) is 3.00. The maximum atomic E-state index is 13.7. The zero-order chi connectivity index (χ0) is 35.9. The lowest BCUT2D eigenvalue weighted by atomic mass is 10.0. The summed E-state index contributed by atoms with van der Waals surface area (Å²) in [5.41, 5.74) is 2.99. The molecule has 0 spiro atoms. The van der Waals surface area contributed by atoms with Gasteiger partial charge in [-0.25, -0.2) is 14.4 Å². The van der Waals surface area contributed by atoms with Gasteiger partial charge >= 0.3 is 18.2 Å². The second-order valence-corrected chi connectivity index (χ2v) is 14.5. The standard InChI is InChI=1S/C38H57N5O6/c1-28-20-21-32-31(25-28)26-40-33(42-36(46)49-38(5,6)7)41-34(44)43(24-16-19-29-17-12-13-18-30(29)27-47-32)23-15-11-9-8-10-14-22-39-35(45)48-37(2,3)4/h12-13,17-18,20-21,25H,8-11,14-16,19,22-24,26-27H2,1-7H3,(H,39,45)(H2,40,41,42,44,46). The number of aliphatic imine (C=N–C) groups is 1. The highest BCUT2D eigenvalue weighted by Crippen LogP contribution is 2.23. The van der Waals surface area contributed by atoms with Gasteiger partial charge in [-0.3, -0.25) is 5.32 Å². The quantitative estimate of drug-likeness (QED) is 0.231. The topological polar surface area (TPSA) is 131 Å². The molecule has 0 radical (unpaired) electrons. The molecule has 11 nitrogen and oxygen atoms in total. The highest BCUT2D eigenvalue weighted by atomic mass is 16.6. The molecular formula is C38H57N5O6. The Kier molecular flexibility index (Phi) is 15.2. The first-order chi connectivity index (χ1) is 23.2. The zero-order valence-corrected chi connectivity index (χ0v) is 30.6. The first kappa shape index (κ1) is 39.2. The number of carbonyl (C=O) groups excluding carboxylic acids is 3. The number of nitrogens with zero attached hydrogens (tertiary/aromatic N) is 2. The Labute approximate surface area is 292 Å². The number of hydrogen-bond acceptors (Lipinski definition) is 6. The van der Waals surface area contributed by atoms with Crippen LogP contribution in [0.4, 0.5) is 14.4 Å². The van der Waals surface area contributed by atoms with Gasteiger partial charge in [-0.15, -0.1) is 4.99 Å². The number of fused-ring (bicyclic) bond motifs is 2. The van der Waals surface area contributed by atoms with E-state index in [-0.39, 0.29) is 24.6 Å². The zero-order valence-electron chi connectivity index (χ0n) is 30.6. The summed E-state index contributed by atoms with van der Waals surface area (Å²) < 4.78 is 17.0. The molecule has 1 aliphatic rings. The van der Waals surface area contributed by atoms with Crippen molar-refractivity contribution in [3.05, 3.63) is 64.7 Å². The van der Waals surface area contributed by atoms with E-state index in [9.17, 15) is 14.4 Å². The van der Waals surface area contributed by atoms with Crippen LogP contribution >= 0.6 is 0 Å². The van der Waals surface area contributed by atoms with Crippen LogP contribution in [0.15, 0.2) is 47.5 Å². The normalized spacial score (nSPS) is 15.4. The van der Waals surface area contributed by atoms with E-state index < -0.39 is 17.3 Å². The van der Waals surface area contributed by atoms with Crippen LogP contribution in [0.5, 0.6) is 5.75 Å². The number of nitrogens with one attached hydrogen (secondary N) is 3. The third kappa shape index (κ3) is 15.7. The third-order valence-corrected chi connectivity index (χ3v) is 7.67. The summed E-state index contributed by atoms with van der Waals surface area (Å²) in [6, 6.07) is 13.9. The minimum Gasteiger partial charge on any atom is -0.489 e. The lowest BCUT2D eigenvalue weighted by Crippen LogP contribution is -2.48. The van der Waals surface area contributed by atoms with Crippen molar-refractivity contribution in [1.29, 1.82) is 0 Å². The molecule has 3 N–H and O–H groups in total. The van der Waals surface area contributed by atoms with Crippen molar-refractivity contribution in [2.24, 2.45) is 4.99 Å². The predicted octanol–water partition coefficient (Wildman–Crippen LogP) is 7.78. The molecule has 4 amide bonds. The van der Waals surface area contributed by atoms with Gasteiger partial charge in [0.1, 0.15) is 23.6 Å². The molecule has 0 saturated heterocycles. The van der Waals surface area contributed by atoms with Crippen molar-refractivity contribution in [2.45, 2.75) is 124 Å². The number of urea groups is 1. The monoisotopic (exact) mass is 679 g/mol. The molecule has 0 bridgehead atoms. The van der Waals surface area contributed by atoms with Crippen molar-refractivity contribution in [3.8, 4) is 5.75 Å². The molecule has 0 aliphatic carbocycles. The number of unbranched alkanes of at least 4 members (excludes halogenated alkanes) is 5. The van der Waals surface area contributed by atoms with E-state index in [0.717, 1.165) is 68.1 Å². The van der Waals surface area contributed by atoms with Crippen LogP contribution in [0.25, 0.3) is 0 Å². The smallest absolute Gasteiger partial charge is 0.437 e. The van der Waals surface area contributed by atoms with Gasteiger partial charge in [0, 0.05) is 31.7 Å². The second-order valence-electron chi connectivity index (χ2n) is 14.5. The van der Waals surface area contributed by atoms with Crippen LogP contribution < -0.4 is 20.7 Å². The van der Waals surface area contributed by atoms with Crippen LogP contribution in [0.1, 0.15) is 109 Å². The minimum atomic E-state index is -0.794. The number of alkyl carbamates (subject to hydrolysis) is 1. The SMILES string of the molecule is Cc1ccc2c(c1)CN/C(=N\C(=O)OC(C)(C)C)NC(=O)N(CCCCCCCCNC(=O)OC(C)(C)C)CCCc1ccccc1CO2. The van der Waals surface area contributed by atoms with E-state index in [1.807, 2.05) is 58.0 Å². The van der Waals surface area contributed by atoms with Crippen molar-refractivity contribution in [1.82, 2.24) is 20.9 Å². The van der Waals surface area contributed by atoms with Gasteiger partial charge in [0.05, 0.1) is 0 Å². The van der Waals surface area contributed by atoms with Gasteiger partial charge in [0.15, 0.2) is 0 Å². The molecular weight excluding hydrogens is 622 g/mol. The fourth-order valence-electron chi connectivity index (χ4n) is 5.35. The van der Waals surface area contributed by atoms with Crippen molar-refractivity contribution >= 4 is 24.2 Å². The molecule has 0 aromatic heterocycles. The molecule has 270 valence electrons. The van der Waals surface area contributed by atoms with E-state index in [1.54, 1.807) is 25.7 Å². The molecule has 0 saturated carbocycles. The van der Waals surface area contributed by atoms with Gasteiger partial charge < -0.3 is 29.7 Å². The second kappa shape index (κ2) is 19.0. The van der Waals surface area contributed by atoms with E-state index in [0.29, 0.717) is 32.0 Å². The average molecular weight is 680 g/mol. The van der Waals surface area contributed by atoms with E-state index in [4.69, 9.17) is 14.2 Å². The first-order valence-electron chi connectivity index (χ1n) is 17.6. The summed E-state index contributed by atoms with van der Waals surface area (Å²) in [6.45, 7) is 15.2. The number of benzene rings is 2. The maximum absolute atomic E-state index is 13.7. The van der Waals surface area contributed by atoms with Gasteiger partial charge in [-0.05, 0) is 91.3 Å². The van der Waals surface area contributed by atoms with Gasteiger partial charge in [0.2, 0.25) is 5.96 Å². The van der Waals surface area contributed by atoms with Crippen molar-refractivity contribution < 1.29 is 28.6 Å². The van der Waals surface area contributed by atoms with E-state index in [1.165, 1.54) is 5.56 Å². The number of hydrogen-bond donors (Lipinski definition) is 3. The summed E-state index contributed by atoms with van der Waals surface area (Å²) in [6.07, 6.45) is 6.14. The summed E-state index contributed by atoms with van der Waals surface area (Å²) in [7, 11) is 0. The number of ether oxygens (including phenoxy) is 3. The number of guanidine groups is 1. The lowest BCUT2D eigenvalue weighted by Gasteiger charge is -2.24. The highest BCUT2D eigenvalue weighted by molar-refractivity contribution is 6.00. The summed E-state index contributed by atoms with van der Waals surface area (Å²) >= 11 is 0. The molecule has 0 atom stereocenters. The molecule has 1 heterocycles. The van der Waals surface area contributed by atoms with E-state index >= 15 is 0 Å². The molecule has 11 heteroatoms. The summed E-state index contributed by atoms with van der Waals surface area (Å²) in [4.78, 5) is 44.2. The van der Waals surface area contributed by atoms with Crippen molar-refractivity contribution in [3.63, 3.8) is 0 Å². The Morgan fingerprint density at radius 3 is 2.29 bits per heavy atom. The Bertz CT molecular complexity index is 1410. The summed E-state index contributed by atoms with van der Waals surface area (Å²) in [5, 5.41) is 8.82. The maximum Gasteiger partial charge on any atom is 0.437 e. The largest absolute Gasteiger partial charge is 0.489 e. The molecule has 1 aliphatic heterocycles. The van der Waals surface area contributed by atoms with Crippen LogP contribution in [0, 0.1) is 6.92 Å². The Morgan fingerprint density at radius 2 is 1.57 bits per heavy atom. The molecule has 3 rings (SSSR count). The third-order valence-electron chi connectivity index (χ3n) is 7.67. The Hall–Kier alpha value is -4.28. The highest BCUT2D eigenvalue weighted by Gasteiger charge is 2.21. The van der Waals surface area contributed by atoms with Gasteiger partial charge in [-0.2, -0.15) is 0 Å². The molecule has 2 aromatic carbocycles. The minimum absolute atomic E-state index is 0.0230. The fourth-order valence-corrected chi connectivity index (χ4v) is 5.35. The van der Waals surface area contributed by atoms with Gasteiger partial charge in [-0.1, -0.05) is 67.6 Å². The van der Waals surface area contributed by atoms with Crippen LogP contribution in [0.2, 0.25) is 0 Å². The number of rotatable bonds is 9. The number of carbonyl (C=O) groups is 3. The number of aryl methyl sites for hydroxylation is 2. The number of amides is 4. The van der Waals surface area contributed by atoms with Crippen molar-refractivity contribution in [2.75, 3.05) is 19.6 Å². The molecule has 49 heavy (non-hydrogen) atoms. The van der Waals surface area contributed by atoms with Crippen LogP contribution in [-0.4, -0.2) is 59.9 Å². The molecule has 0 fully saturated rings. The first-order valence-corrected chi connectivity index (χ1v) is 17.6. The fraction of sp³-hybridized carbons (Fsp3) is 0.579. The summed E-state index contributed by atoms with van der Waals surface area (Å²) in [5.74, 6) is 0.738. The van der Waals surface area contributed by atoms with Gasteiger partial charge in [0.25, 0.3) is 0 Å². The molecule has 2 aromatic rings. The predicted molar refractivity (Wildman–Crippen MR) is 193 cm³/mol. The molecule has 0 unspecified atom stereocenters.